The fourth-order valence-electron chi connectivity index (χ4n) is 1.83. The molecule has 7 heteroatoms. The number of benzene rings is 1. The molecule has 0 unspecified atom stereocenters. The van der Waals surface area contributed by atoms with Crippen molar-refractivity contribution < 1.29 is 19.1 Å². The molecule has 0 bridgehead atoms. The standard InChI is InChI=1S/C15H21N3O4/c1-3-17-13(19)9-18(4-2)14(20)10-22-12-8-6-5-7-11(12)15(16)21/h5-8H,3-4,9-10H2,1-2H3,(H2,16,21)(H,17,19). The summed E-state index contributed by atoms with van der Waals surface area (Å²) in [7, 11) is 0. The van der Waals surface area contributed by atoms with Crippen LogP contribution >= 0.6 is 0 Å². The zero-order valence-corrected chi connectivity index (χ0v) is 12.8. The topological polar surface area (TPSA) is 102 Å². The van der Waals surface area contributed by atoms with Gasteiger partial charge in [0.1, 0.15) is 5.75 Å². The summed E-state index contributed by atoms with van der Waals surface area (Å²) in [6.45, 7) is 4.18. The van der Waals surface area contributed by atoms with Crippen LogP contribution in [-0.4, -0.2) is 48.9 Å². The number of rotatable bonds is 8. The van der Waals surface area contributed by atoms with E-state index >= 15 is 0 Å². The van der Waals surface area contributed by atoms with E-state index in [9.17, 15) is 14.4 Å². The first kappa shape index (κ1) is 17.5. The number of nitrogens with zero attached hydrogens (tertiary/aromatic N) is 1. The lowest BCUT2D eigenvalue weighted by Crippen LogP contribution is -2.42. The lowest BCUT2D eigenvalue weighted by Gasteiger charge is -2.20. The summed E-state index contributed by atoms with van der Waals surface area (Å²) < 4.78 is 5.36. The van der Waals surface area contributed by atoms with Crippen molar-refractivity contribution in [1.29, 1.82) is 0 Å². The Morgan fingerprint density at radius 2 is 1.91 bits per heavy atom. The molecule has 1 rings (SSSR count). The molecule has 1 aromatic rings. The maximum Gasteiger partial charge on any atom is 0.260 e. The molecule has 0 aliphatic heterocycles. The Morgan fingerprint density at radius 1 is 1.23 bits per heavy atom. The largest absolute Gasteiger partial charge is 0.483 e. The third-order valence-electron chi connectivity index (χ3n) is 2.95. The van der Waals surface area contributed by atoms with Gasteiger partial charge in [-0.1, -0.05) is 12.1 Å². The van der Waals surface area contributed by atoms with Crippen LogP contribution in [0.15, 0.2) is 24.3 Å². The van der Waals surface area contributed by atoms with E-state index in [-0.39, 0.29) is 36.3 Å². The van der Waals surface area contributed by atoms with Crippen molar-refractivity contribution in [1.82, 2.24) is 10.2 Å². The van der Waals surface area contributed by atoms with E-state index in [2.05, 4.69) is 5.32 Å². The molecule has 7 nitrogen and oxygen atoms in total. The number of amides is 3. The van der Waals surface area contributed by atoms with Crippen LogP contribution in [-0.2, 0) is 9.59 Å². The zero-order valence-electron chi connectivity index (χ0n) is 12.8. The minimum absolute atomic E-state index is 0.0238. The van der Waals surface area contributed by atoms with Gasteiger partial charge in [0.05, 0.1) is 12.1 Å². The van der Waals surface area contributed by atoms with Crippen molar-refractivity contribution in [3.63, 3.8) is 0 Å². The highest BCUT2D eigenvalue weighted by molar-refractivity contribution is 5.95. The van der Waals surface area contributed by atoms with Gasteiger partial charge in [0.15, 0.2) is 6.61 Å². The average molecular weight is 307 g/mol. The molecular formula is C15H21N3O4. The van der Waals surface area contributed by atoms with Gasteiger partial charge in [0.25, 0.3) is 11.8 Å². The summed E-state index contributed by atoms with van der Waals surface area (Å²) in [6.07, 6.45) is 0. The molecule has 120 valence electrons. The van der Waals surface area contributed by atoms with Gasteiger partial charge >= 0.3 is 0 Å². The van der Waals surface area contributed by atoms with Crippen LogP contribution in [0.3, 0.4) is 0 Å². The third-order valence-corrected chi connectivity index (χ3v) is 2.95. The second-order valence-electron chi connectivity index (χ2n) is 4.51. The van der Waals surface area contributed by atoms with Crippen molar-refractivity contribution in [3.05, 3.63) is 29.8 Å². The Hall–Kier alpha value is -2.57. The van der Waals surface area contributed by atoms with Gasteiger partial charge in [-0.3, -0.25) is 14.4 Å². The van der Waals surface area contributed by atoms with E-state index in [0.717, 1.165) is 0 Å². The molecule has 0 spiro atoms. The minimum atomic E-state index is -0.627. The summed E-state index contributed by atoms with van der Waals surface area (Å²) in [6, 6.07) is 6.42. The minimum Gasteiger partial charge on any atom is -0.483 e. The van der Waals surface area contributed by atoms with Crippen LogP contribution in [0.2, 0.25) is 0 Å². The number of likely N-dealkylation sites (N-methyl/N-ethyl adjacent to an activating group) is 2. The SMILES string of the molecule is CCNC(=O)CN(CC)C(=O)COc1ccccc1C(N)=O. The van der Waals surface area contributed by atoms with Crippen LogP contribution in [0.4, 0.5) is 0 Å². The molecule has 0 fully saturated rings. The first-order valence-corrected chi connectivity index (χ1v) is 7.05. The van der Waals surface area contributed by atoms with Crippen LogP contribution < -0.4 is 15.8 Å². The number of nitrogens with two attached hydrogens (primary N) is 1. The predicted octanol–water partition coefficient (Wildman–Crippen LogP) is 0.149. The Bertz CT molecular complexity index is 545. The second kappa shape index (κ2) is 8.66. The van der Waals surface area contributed by atoms with E-state index in [1.165, 1.54) is 11.0 Å². The van der Waals surface area contributed by atoms with Crippen molar-refractivity contribution in [2.75, 3.05) is 26.2 Å². The molecule has 0 radical (unpaired) electrons. The lowest BCUT2D eigenvalue weighted by molar-refractivity contribution is -0.137. The lowest BCUT2D eigenvalue weighted by atomic mass is 10.2. The zero-order chi connectivity index (χ0) is 16.5. The number of carbonyl (C=O) groups excluding carboxylic acids is 3. The highest BCUT2D eigenvalue weighted by Crippen LogP contribution is 2.17. The van der Waals surface area contributed by atoms with Gasteiger partial charge in [-0.15, -0.1) is 0 Å². The number of hydrogen-bond acceptors (Lipinski definition) is 4. The maximum atomic E-state index is 12.1. The first-order chi connectivity index (χ1) is 10.5. The van der Waals surface area contributed by atoms with Crippen LogP contribution in [0.1, 0.15) is 24.2 Å². The third kappa shape index (κ3) is 5.08. The molecule has 3 amide bonds. The normalized spacial score (nSPS) is 9.91. The average Bonchev–Trinajstić information content (AvgIpc) is 2.50. The summed E-state index contributed by atoms with van der Waals surface area (Å²) in [5.41, 5.74) is 5.45. The highest BCUT2D eigenvalue weighted by atomic mass is 16.5. The molecule has 0 saturated carbocycles. The van der Waals surface area contributed by atoms with E-state index < -0.39 is 5.91 Å². The molecule has 1 aromatic carbocycles. The van der Waals surface area contributed by atoms with Crippen molar-refractivity contribution in [2.45, 2.75) is 13.8 Å². The van der Waals surface area contributed by atoms with Crippen molar-refractivity contribution >= 4 is 17.7 Å². The Morgan fingerprint density at radius 3 is 2.50 bits per heavy atom. The van der Waals surface area contributed by atoms with Gasteiger partial charge in [-0.05, 0) is 26.0 Å². The Labute approximate surface area is 129 Å². The van der Waals surface area contributed by atoms with Crippen LogP contribution in [0.5, 0.6) is 5.75 Å². The Balaban J connectivity index is 2.64. The quantitative estimate of drug-likeness (QED) is 0.713. The van der Waals surface area contributed by atoms with Gasteiger partial charge < -0.3 is 20.7 Å². The molecule has 0 aromatic heterocycles. The molecule has 0 aliphatic carbocycles. The van der Waals surface area contributed by atoms with Gasteiger partial charge in [-0.25, -0.2) is 0 Å². The number of hydrogen-bond donors (Lipinski definition) is 2. The molecule has 0 heterocycles. The second-order valence-corrected chi connectivity index (χ2v) is 4.51. The molecule has 22 heavy (non-hydrogen) atoms. The number of nitrogens with one attached hydrogen (secondary N) is 1. The summed E-state index contributed by atoms with van der Waals surface area (Å²) in [4.78, 5) is 36.2. The molecular weight excluding hydrogens is 286 g/mol. The van der Waals surface area contributed by atoms with Crippen molar-refractivity contribution in [2.24, 2.45) is 5.73 Å². The molecule has 0 saturated heterocycles. The maximum absolute atomic E-state index is 12.1. The van der Waals surface area contributed by atoms with Crippen LogP contribution in [0, 0.1) is 0 Å². The number of carbonyl (C=O) groups is 3. The monoisotopic (exact) mass is 307 g/mol. The smallest absolute Gasteiger partial charge is 0.260 e. The fraction of sp³-hybridized carbons (Fsp3) is 0.400. The molecule has 0 aliphatic rings. The van der Waals surface area contributed by atoms with E-state index in [1.807, 2.05) is 0 Å². The van der Waals surface area contributed by atoms with E-state index in [4.69, 9.17) is 10.5 Å². The van der Waals surface area contributed by atoms with E-state index in [1.54, 1.807) is 32.0 Å². The molecule has 0 atom stereocenters. The van der Waals surface area contributed by atoms with E-state index in [0.29, 0.717) is 13.1 Å². The number of ether oxygens (including phenoxy) is 1. The van der Waals surface area contributed by atoms with Gasteiger partial charge in [-0.2, -0.15) is 0 Å². The summed E-state index contributed by atoms with van der Waals surface area (Å²) in [5, 5.41) is 2.63. The summed E-state index contributed by atoms with van der Waals surface area (Å²) in [5.74, 6) is -0.946. The Kier molecular flexibility index (Phi) is 6.88. The van der Waals surface area contributed by atoms with Crippen molar-refractivity contribution in [3.8, 4) is 5.75 Å². The predicted molar refractivity (Wildman–Crippen MR) is 81.4 cm³/mol. The number of para-hydroxylation sites is 1. The van der Waals surface area contributed by atoms with Gasteiger partial charge in [0.2, 0.25) is 5.91 Å². The first-order valence-electron chi connectivity index (χ1n) is 7.05. The number of primary amides is 1. The fourth-order valence-corrected chi connectivity index (χ4v) is 1.83. The molecule has 3 N–H and O–H groups in total. The summed E-state index contributed by atoms with van der Waals surface area (Å²) >= 11 is 0. The highest BCUT2D eigenvalue weighted by Gasteiger charge is 2.17. The van der Waals surface area contributed by atoms with Crippen LogP contribution in [0.25, 0.3) is 0 Å². The van der Waals surface area contributed by atoms with Gasteiger partial charge in [0, 0.05) is 13.1 Å².